The summed E-state index contributed by atoms with van der Waals surface area (Å²) >= 11 is 0. The predicted octanol–water partition coefficient (Wildman–Crippen LogP) is 2.47. The van der Waals surface area contributed by atoms with Gasteiger partial charge in [0.05, 0.1) is 7.11 Å². The molecule has 0 aromatic heterocycles. The number of benzene rings is 1. The van der Waals surface area contributed by atoms with Crippen LogP contribution in [0.15, 0.2) is 18.2 Å². The average Bonchev–Trinajstić information content (AvgIpc) is 2.61. The van der Waals surface area contributed by atoms with Gasteiger partial charge in [-0.25, -0.2) is 0 Å². The molecule has 0 spiro atoms. The highest BCUT2D eigenvalue weighted by Crippen LogP contribution is 2.33. The molecule has 2 saturated heterocycles. The smallest absolute Gasteiger partial charge is 0.160 e. The van der Waals surface area contributed by atoms with E-state index in [-0.39, 0.29) is 5.75 Å². The standard InChI is InChI=1S/C20H33N3O2/c1-15-5-4-9-22(13-15)14-18(23-10-8-21-12-16(23)2)17-6-7-19(24)20(11-17)25-3/h6-7,11,15-16,18,21,24H,4-5,8-10,12-14H2,1-3H3. The van der Waals surface area contributed by atoms with Crippen LogP contribution in [0.3, 0.4) is 0 Å². The first-order chi connectivity index (χ1) is 12.1. The van der Waals surface area contributed by atoms with Gasteiger partial charge in [0.1, 0.15) is 0 Å². The topological polar surface area (TPSA) is 48.0 Å². The number of piperazine rings is 1. The van der Waals surface area contributed by atoms with E-state index in [4.69, 9.17) is 4.74 Å². The van der Waals surface area contributed by atoms with Crippen molar-refractivity contribution in [3.05, 3.63) is 23.8 Å². The summed E-state index contributed by atoms with van der Waals surface area (Å²) in [7, 11) is 1.62. The van der Waals surface area contributed by atoms with E-state index in [0.717, 1.165) is 32.1 Å². The third-order valence-corrected chi connectivity index (χ3v) is 5.71. The lowest BCUT2D eigenvalue weighted by Gasteiger charge is -2.43. The van der Waals surface area contributed by atoms with E-state index in [1.807, 2.05) is 6.07 Å². The van der Waals surface area contributed by atoms with Crippen LogP contribution in [0.1, 0.15) is 38.3 Å². The molecular formula is C20H33N3O2. The lowest BCUT2D eigenvalue weighted by atomic mass is 9.97. The molecule has 140 valence electrons. The minimum Gasteiger partial charge on any atom is -0.504 e. The molecule has 2 heterocycles. The first-order valence-corrected chi connectivity index (χ1v) is 9.64. The fraction of sp³-hybridized carbons (Fsp3) is 0.700. The van der Waals surface area contributed by atoms with Crippen LogP contribution in [0.5, 0.6) is 11.5 Å². The van der Waals surface area contributed by atoms with Gasteiger partial charge in [-0.3, -0.25) is 4.90 Å². The van der Waals surface area contributed by atoms with Crippen LogP contribution < -0.4 is 10.1 Å². The molecule has 3 atom stereocenters. The number of phenols is 1. The summed E-state index contributed by atoms with van der Waals surface area (Å²) < 4.78 is 5.36. The number of hydrogen-bond acceptors (Lipinski definition) is 5. The van der Waals surface area contributed by atoms with Gasteiger partial charge in [-0.15, -0.1) is 0 Å². The molecule has 0 bridgehead atoms. The van der Waals surface area contributed by atoms with Crippen molar-refractivity contribution in [2.24, 2.45) is 5.92 Å². The summed E-state index contributed by atoms with van der Waals surface area (Å²) in [5.74, 6) is 1.56. The Morgan fingerprint density at radius 3 is 2.88 bits per heavy atom. The lowest BCUT2D eigenvalue weighted by Crippen LogP contribution is -2.53. The summed E-state index contributed by atoms with van der Waals surface area (Å²) in [6, 6.07) is 6.68. The monoisotopic (exact) mass is 347 g/mol. The molecular weight excluding hydrogens is 314 g/mol. The number of rotatable bonds is 5. The molecule has 2 fully saturated rings. The number of nitrogens with one attached hydrogen (secondary N) is 1. The van der Waals surface area contributed by atoms with Crippen molar-refractivity contribution >= 4 is 0 Å². The summed E-state index contributed by atoms with van der Waals surface area (Å²) in [5.41, 5.74) is 1.24. The van der Waals surface area contributed by atoms with Crippen LogP contribution in [0.4, 0.5) is 0 Å². The van der Waals surface area contributed by atoms with Gasteiger partial charge in [0.15, 0.2) is 11.5 Å². The Balaban J connectivity index is 1.85. The van der Waals surface area contributed by atoms with Gasteiger partial charge < -0.3 is 20.1 Å². The van der Waals surface area contributed by atoms with Crippen molar-refractivity contribution < 1.29 is 9.84 Å². The van der Waals surface area contributed by atoms with Crippen LogP contribution in [0.2, 0.25) is 0 Å². The second kappa shape index (κ2) is 8.39. The maximum Gasteiger partial charge on any atom is 0.160 e. The Hall–Kier alpha value is -1.30. The van der Waals surface area contributed by atoms with Crippen molar-refractivity contribution in [3.63, 3.8) is 0 Å². The first kappa shape index (κ1) is 18.5. The second-order valence-corrected chi connectivity index (χ2v) is 7.75. The van der Waals surface area contributed by atoms with Gasteiger partial charge in [-0.05, 0) is 49.9 Å². The molecule has 5 nitrogen and oxygen atoms in total. The maximum atomic E-state index is 9.98. The Bertz CT molecular complexity index is 566. The molecule has 0 aliphatic carbocycles. The zero-order valence-electron chi connectivity index (χ0n) is 15.9. The minimum absolute atomic E-state index is 0.213. The third-order valence-electron chi connectivity index (χ3n) is 5.71. The Morgan fingerprint density at radius 2 is 2.16 bits per heavy atom. The molecule has 1 aromatic carbocycles. The van der Waals surface area contributed by atoms with Crippen LogP contribution in [-0.2, 0) is 0 Å². The largest absolute Gasteiger partial charge is 0.504 e. The number of phenolic OH excluding ortho intramolecular Hbond substituents is 1. The fourth-order valence-electron chi connectivity index (χ4n) is 4.32. The van der Waals surface area contributed by atoms with E-state index in [9.17, 15) is 5.11 Å². The van der Waals surface area contributed by atoms with Crippen LogP contribution in [0, 0.1) is 5.92 Å². The van der Waals surface area contributed by atoms with E-state index in [1.54, 1.807) is 13.2 Å². The third kappa shape index (κ3) is 4.46. The molecule has 0 radical (unpaired) electrons. The van der Waals surface area contributed by atoms with Crippen LogP contribution >= 0.6 is 0 Å². The summed E-state index contributed by atoms with van der Waals surface area (Å²) in [4.78, 5) is 5.23. The zero-order chi connectivity index (χ0) is 17.8. The van der Waals surface area contributed by atoms with E-state index < -0.39 is 0 Å². The Labute approximate surface area is 152 Å². The van der Waals surface area contributed by atoms with Gasteiger partial charge in [-0.1, -0.05) is 13.0 Å². The highest BCUT2D eigenvalue weighted by molar-refractivity contribution is 5.43. The molecule has 2 aliphatic rings. The van der Waals surface area contributed by atoms with Gasteiger partial charge in [-0.2, -0.15) is 0 Å². The van der Waals surface area contributed by atoms with Crippen molar-refractivity contribution in [1.29, 1.82) is 0 Å². The number of nitrogens with zero attached hydrogens (tertiary/aromatic N) is 2. The van der Waals surface area contributed by atoms with Gasteiger partial charge in [0.25, 0.3) is 0 Å². The van der Waals surface area contributed by atoms with E-state index in [1.165, 1.54) is 31.5 Å². The normalized spacial score (nSPS) is 27.2. The van der Waals surface area contributed by atoms with Crippen LogP contribution in [-0.4, -0.2) is 67.3 Å². The fourth-order valence-corrected chi connectivity index (χ4v) is 4.32. The molecule has 5 heteroatoms. The SMILES string of the molecule is COc1cc(C(CN2CCCC(C)C2)N2CCNCC2C)ccc1O. The quantitative estimate of drug-likeness (QED) is 0.857. The summed E-state index contributed by atoms with van der Waals surface area (Å²) in [6.45, 7) is 11.2. The molecule has 2 aliphatic heterocycles. The number of hydrogen-bond donors (Lipinski definition) is 2. The highest BCUT2D eigenvalue weighted by Gasteiger charge is 2.30. The molecule has 3 unspecified atom stereocenters. The van der Waals surface area contributed by atoms with Gasteiger partial charge in [0.2, 0.25) is 0 Å². The van der Waals surface area contributed by atoms with Crippen LogP contribution in [0.25, 0.3) is 0 Å². The summed E-state index contributed by atoms with van der Waals surface area (Å²) in [6.07, 6.45) is 2.64. The van der Waals surface area contributed by atoms with Gasteiger partial charge in [0, 0.05) is 44.8 Å². The van der Waals surface area contributed by atoms with Crippen molar-refractivity contribution in [1.82, 2.24) is 15.1 Å². The molecule has 0 saturated carbocycles. The van der Waals surface area contributed by atoms with Crippen molar-refractivity contribution in [2.45, 2.75) is 38.8 Å². The lowest BCUT2D eigenvalue weighted by molar-refractivity contribution is 0.0699. The average molecular weight is 348 g/mol. The first-order valence-electron chi connectivity index (χ1n) is 9.64. The van der Waals surface area contributed by atoms with Gasteiger partial charge >= 0.3 is 0 Å². The van der Waals surface area contributed by atoms with Crippen molar-refractivity contribution in [3.8, 4) is 11.5 Å². The molecule has 2 N–H and O–H groups in total. The van der Waals surface area contributed by atoms with Crippen molar-refractivity contribution in [2.75, 3.05) is 46.4 Å². The second-order valence-electron chi connectivity index (χ2n) is 7.75. The number of aromatic hydroxyl groups is 1. The molecule has 25 heavy (non-hydrogen) atoms. The minimum atomic E-state index is 0.213. The van der Waals surface area contributed by atoms with E-state index >= 15 is 0 Å². The predicted molar refractivity (Wildman–Crippen MR) is 101 cm³/mol. The van der Waals surface area contributed by atoms with E-state index in [0.29, 0.717) is 17.8 Å². The maximum absolute atomic E-state index is 9.98. The highest BCUT2D eigenvalue weighted by atomic mass is 16.5. The number of likely N-dealkylation sites (tertiary alicyclic amines) is 1. The zero-order valence-corrected chi connectivity index (χ0v) is 15.9. The Kier molecular flexibility index (Phi) is 6.20. The summed E-state index contributed by atoms with van der Waals surface area (Å²) in [5, 5.41) is 13.5. The van der Waals surface area contributed by atoms with E-state index in [2.05, 4.69) is 35.0 Å². The molecule has 3 rings (SSSR count). The number of ether oxygens (including phenoxy) is 1. The number of methoxy groups -OCH3 is 1. The number of piperidine rings is 1. The molecule has 1 aromatic rings. The molecule has 0 amide bonds. The Morgan fingerprint density at radius 1 is 1.32 bits per heavy atom.